The van der Waals surface area contributed by atoms with Crippen LogP contribution in [-0.4, -0.2) is 30.1 Å². The first-order chi connectivity index (χ1) is 6.62. The summed E-state index contributed by atoms with van der Waals surface area (Å²) < 4.78 is 0. The van der Waals surface area contributed by atoms with Crippen molar-refractivity contribution in [2.45, 2.75) is 18.9 Å². The molecule has 0 saturated carbocycles. The van der Waals surface area contributed by atoms with Crippen LogP contribution in [0.2, 0.25) is 0 Å². The van der Waals surface area contributed by atoms with Crippen LogP contribution in [0.1, 0.15) is 17.5 Å². The maximum absolute atomic E-state index is 10.5. The Hall–Kier alpha value is -0.860. The van der Waals surface area contributed by atoms with Crippen LogP contribution in [-0.2, 0) is 5.60 Å². The molecule has 1 aromatic rings. The highest BCUT2D eigenvalue weighted by molar-refractivity contribution is 5.32. The molecular weight excluding hydrogens is 174 g/mol. The third kappa shape index (κ3) is 1.56. The Morgan fingerprint density at radius 2 is 2.07 bits per heavy atom. The Morgan fingerprint density at radius 3 is 2.64 bits per heavy atom. The zero-order valence-corrected chi connectivity index (χ0v) is 8.83. The molecule has 2 rings (SSSR count). The molecule has 0 aromatic heterocycles. The average Bonchev–Trinajstić information content (AvgIpc) is 2.48. The highest BCUT2D eigenvalue weighted by atomic mass is 16.3. The van der Waals surface area contributed by atoms with Crippen molar-refractivity contribution in [3.8, 4) is 0 Å². The van der Waals surface area contributed by atoms with Crippen molar-refractivity contribution >= 4 is 0 Å². The molecule has 1 fully saturated rings. The van der Waals surface area contributed by atoms with Crippen molar-refractivity contribution < 1.29 is 5.11 Å². The van der Waals surface area contributed by atoms with Crippen molar-refractivity contribution in [1.29, 1.82) is 0 Å². The first kappa shape index (κ1) is 9.69. The van der Waals surface area contributed by atoms with Crippen LogP contribution < -0.4 is 0 Å². The maximum Gasteiger partial charge on any atom is 0.104 e. The largest absolute Gasteiger partial charge is 0.384 e. The second kappa shape index (κ2) is 3.37. The van der Waals surface area contributed by atoms with E-state index in [1.165, 1.54) is 5.56 Å². The van der Waals surface area contributed by atoms with E-state index in [9.17, 15) is 5.11 Å². The van der Waals surface area contributed by atoms with Crippen molar-refractivity contribution in [3.63, 3.8) is 0 Å². The van der Waals surface area contributed by atoms with Gasteiger partial charge in [-0.15, -0.1) is 0 Å². The smallest absolute Gasteiger partial charge is 0.104 e. The van der Waals surface area contributed by atoms with Crippen LogP contribution >= 0.6 is 0 Å². The topological polar surface area (TPSA) is 23.5 Å². The van der Waals surface area contributed by atoms with Crippen LogP contribution in [0.5, 0.6) is 0 Å². The van der Waals surface area contributed by atoms with Crippen molar-refractivity contribution in [2.75, 3.05) is 20.1 Å². The molecule has 1 saturated heterocycles. The van der Waals surface area contributed by atoms with Crippen LogP contribution in [0.4, 0.5) is 0 Å². The van der Waals surface area contributed by atoms with Crippen molar-refractivity contribution in [1.82, 2.24) is 4.90 Å². The Kier molecular flexibility index (Phi) is 2.33. The third-order valence-electron chi connectivity index (χ3n) is 3.09. The monoisotopic (exact) mass is 191 g/mol. The van der Waals surface area contributed by atoms with Crippen LogP contribution in [0.3, 0.4) is 0 Å². The van der Waals surface area contributed by atoms with Gasteiger partial charge in [0.1, 0.15) is 5.60 Å². The molecule has 0 amide bonds. The van der Waals surface area contributed by atoms with E-state index in [-0.39, 0.29) is 0 Å². The lowest BCUT2D eigenvalue weighted by Crippen LogP contribution is -2.29. The molecule has 76 valence electrons. The Bertz CT molecular complexity index is 337. The fourth-order valence-corrected chi connectivity index (χ4v) is 2.30. The minimum atomic E-state index is -0.625. The number of likely N-dealkylation sites (tertiary alicyclic amines) is 1. The molecule has 2 nitrogen and oxygen atoms in total. The number of nitrogens with zero attached hydrogens (tertiary/aromatic N) is 1. The summed E-state index contributed by atoms with van der Waals surface area (Å²) in [4.78, 5) is 2.17. The van der Waals surface area contributed by atoms with Crippen LogP contribution in [0.25, 0.3) is 0 Å². The lowest BCUT2D eigenvalue weighted by molar-refractivity contribution is 0.0483. The molecule has 0 radical (unpaired) electrons. The van der Waals surface area contributed by atoms with E-state index in [0.717, 1.165) is 25.1 Å². The second-order valence-corrected chi connectivity index (χ2v) is 4.33. The number of rotatable bonds is 1. The summed E-state index contributed by atoms with van der Waals surface area (Å²) >= 11 is 0. The van der Waals surface area contributed by atoms with Gasteiger partial charge in [0, 0.05) is 13.1 Å². The van der Waals surface area contributed by atoms with Crippen LogP contribution in [0, 0.1) is 6.92 Å². The number of aliphatic hydroxyl groups is 1. The highest BCUT2D eigenvalue weighted by Gasteiger charge is 2.36. The number of likely N-dealkylation sites (N-methyl/N-ethyl adjacent to an activating group) is 1. The molecular formula is C12H17NO. The molecule has 1 aliphatic rings. The van der Waals surface area contributed by atoms with Gasteiger partial charge in [0.05, 0.1) is 0 Å². The molecule has 14 heavy (non-hydrogen) atoms. The zero-order valence-electron chi connectivity index (χ0n) is 8.83. The number of β-amino-alcohol motifs (C(OH)–C–C–N with tert-alkyl or cyclic N) is 1. The van der Waals surface area contributed by atoms with E-state index in [0.29, 0.717) is 0 Å². The van der Waals surface area contributed by atoms with Crippen molar-refractivity contribution in [3.05, 3.63) is 35.4 Å². The molecule has 2 heteroatoms. The van der Waals surface area contributed by atoms with E-state index in [4.69, 9.17) is 0 Å². The summed E-state index contributed by atoms with van der Waals surface area (Å²) in [7, 11) is 2.05. The van der Waals surface area contributed by atoms with Crippen LogP contribution in [0.15, 0.2) is 24.3 Å². The minimum absolute atomic E-state index is 0.625. The summed E-state index contributed by atoms with van der Waals surface area (Å²) in [6, 6.07) is 8.11. The first-order valence-electron chi connectivity index (χ1n) is 5.09. The van der Waals surface area contributed by atoms with E-state index in [1.54, 1.807) is 0 Å². The van der Waals surface area contributed by atoms with Gasteiger partial charge in [-0.1, -0.05) is 24.3 Å². The second-order valence-electron chi connectivity index (χ2n) is 4.33. The third-order valence-corrected chi connectivity index (χ3v) is 3.09. The summed E-state index contributed by atoms with van der Waals surface area (Å²) in [5.74, 6) is 0. The molecule has 1 aromatic carbocycles. The lowest BCUT2D eigenvalue weighted by Gasteiger charge is -2.24. The Labute approximate surface area is 85.2 Å². The van der Waals surface area contributed by atoms with E-state index in [2.05, 4.69) is 24.9 Å². The van der Waals surface area contributed by atoms with E-state index in [1.807, 2.05) is 18.2 Å². The minimum Gasteiger partial charge on any atom is -0.384 e. The zero-order chi connectivity index (χ0) is 10.2. The molecule has 1 aliphatic heterocycles. The van der Waals surface area contributed by atoms with Gasteiger partial charge in [0.25, 0.3) is 0 Å². The van der Waals surface area contributed by atoms with Gasteiger partial charge in [-0.2, -0.15) is 0 Å². The number of hydrogen-bond donors (Lipinski definition) is 1. The molecule has 0 bridgehead atoms. The summed E-state index contributed by atoms with van der Waals surface area (Å²) in [6.45, 7) is 3.79. The summed E-state index contributed by atoms with van der Waals surface area (Å²) in [6.07, 6.45) is 0.842. The first-order valence-corrected chi connectivity index (χ1v) is 5.09. The quantitative estimate of drug-likeness (QED) is 0.727. The lowest BCUT2D eigenvalue weighted by atomic mass is 9.90. The Balaban J connectivity index is 2.35. The maximum atomic E-state index is 10.5. The van der Waals surface area contributed by atoms with E-state index < -0.39 is 5.60 Å². The average molecular weight is 191 g/mol. The Morgan fingerprint density at radius 1 is 1.36 bits per heavy atom. The molecule has 1 atom stereocenters. The fraction of sp³-hybridized carbons (Fsp3) is 0.500. The predicted octanol–water partition coefficient (Wildman–Crippen LogP) is 1.52. The van der Waals surface area contributed by atoms with Crippen molar-refractivity contribution in [2.24, 2.45) is 0 Å². The fourth-order valence-electron chi connectivity index (χ4n) is 2.30. The molecule has 0 spiro atoms. The standard InChI is InChI=1S/C12H17NO/c1-10-5-3-4-6-11(10)12(14)7-8-13(2)9-12/h3-6,14H,7-9H2,1-2H3. The summed E-state index contributed by atoms with van der Waals surface area (Å²) in [5.41, 5.74) is 1.65. The normalized spacial score (nSPS) is 28.2. The van der Waals surface area contributed by atoms with Gasteiger partial charge in [-0.25, -0.2) is 0 Å². The number of aryl methyl sites for hydroxylation is 1. The van der Waals surface area contributed by atoms with Gasteiger partial charge >= 0.3 is 0 Å². The van der Waals surface area contributed by atoms with Gasteiger partial charge in [0.15, 0.2) is 0 Å². The predicted molar refractivity (Wildman–Crippen MR) is 57.2 cm³/mol. The molecule has 1 N–H and O–H groups in total. The summed E-state index contributed by atoms with van der Waals surface area (Å²) in [5, 5.41) is 10.5. The molecule has 1 unspecified atom stereocenters. The molecule has 0 aliphatic carbocycles. The van der Waals surface area contributed by atoms with Gasteiger partial charge < -0.3 is 10.0 Å². The number of benzene rings is 1. The van der Waals surface area contributed by atoms with E-state index >= 15 is 0 Å². The SMILES string of the molecule is Cc1ccccc1C1(O)CCN(C)C1. The number of hydrogen-bond acceptors (Lipinski definition) is 2. The van der Waals surface area contributed by atoms with Gasteiger partial charge in [0.2, 0.25) is 0 Å². The molecule has 1 heterocycles. The van der Waals surface area contributed by atoms with Gasteiger partial charge in [-0.05, 0) is 31.5 Å². The highest BCUT2D eigenvalue weighted by Crippen LogP contribution is 2.32. The van der Waals surface area contributed by atoms with Gasteiger partial charge in [-0.3, -0.25) is 0 Å².